The van der Waals surface area contributed by atoms with Crippen molar-refractivity contribution < 1.29 is 4.74 Å². The van der Waals surface area contributed by atoms with Gasteiger partial charge in [-0.3, -0.25) is 4.98 Å². The van der Waals surface area contributed by atoms with E-state index in [2.05, 4.69) is 29.4 Å². The lowest BCUT2D eigenvalue weighted by molar-refractivity contribution is 0.301. The monoisotopic (exact) mass is 268 g/mol. The van der Waals surface area contributed by atoms with Crippen molar-refractivity contribution in [1.29, 1.82) is 0 Å². The third-order valence-corrected chi connectivity index (χ3v) is 3.75. The summed E-state index contributed by atoms with van der Waals surface area (Å²) in [4.78, 5) is 4.10. The van der Waals surface area contributed by atoms with E-state index in [9.17, 15) is 0 Å². The molecule has 1 aromatic carbocycles. The molecular weight excluding hydrogens is 248 g/mol. The van der Waals surface area contributed by atoms with Crippen LogP contribution in [0.25, 0.3) is 0 Å². The van der Waals surface area contributed by atoms with Crippen molar-refractivity contribution in [3.05, 3.63) is 59.9 Å². The van der Waals surface area contributed by atoms with E-state index in [4.69, 9.17) is 4.74 Å². The standard InChI is InChI=1S/C17H20N2O/c1-13-9-16(13)19-11-15-6-2-3-7-17(15)20-12-14-5-4-8-18-10-14/h2-8,10,13,16,19H,9,11-12H2,1H3. The van der Waals surface area contributed by atoms with Gasteiger partial charge in [0.1, 0.15) is 12.4 Å². The van der Waals surface area contributed by atoms with E-state index in [1.165, 1.54) is 12.0 Å². The van der Waals surface area contributed by atoms with Crippen LogP contribution in [0.1, 0.15) is 24.5 Å². The van der Waals surface area contributed by atoms with Crippen LogP contribution in [0, 0.1) is 5.92 Å². The van der Waals surface area contributed by atoms with E-state index in [1.807, 2.05) is 30.5 Å². The van der Waals surface area contributed by atoms with Gasteiger partial charge in [-0.15, -0.1) is 0 Å². The van der Waals surface area contributed by atoms with Crippen LogP contribution < -0.4 is 10.1 Å². The minimum absolute atomic E-state index is 0.560. The van der Waals surface area contributed by atoms with E-state index in [1.54, 1.807) is 6.20 Å². The Bertz CT molecular complexity index is 556. The Labute approximate surface area is 120 Å². The van der Waals surface area contributed by atoms with Crippen LogP contribution >= 0.6 is 0 Å². The fraction of sp³-hybridized carbons (Fsp3) is 0.353. The van der Waals surface area contributed by atoms with Crippen LogP contribution in [0.4, 0.5) is 0 Å². The summed E-state index contributed by atoms with van der Waals surface area (Å²) < 4.78 is 5.92. The van der Waals surface area contributed by atoms with E-state index in [0.717, 1.165) is 23.8 Å². The maximum atomic E-state index is 5.92. The molecule has 3 heteroatoms. The molecule has 1 saturated carbocycles. The van der Waals surface area contributed by atoms with Crippen molar-refractivity contribution in [3.63, 3.8) is 0 Å². The molecule has 1 aliphatic rings. The number of rotatable bonds is 6. The average Bonchev–Trinajstić information content (AvgIpc) is 3.20. The van der Waals surface area contributed by atoms with Gasteiger partial charge in [0.2, 0.25) is 0 Å². The van der Waals surface area contributed by atoms with Crippen LogP contribution in [-0.4, -0.2) is 11.0 Å². The predicted octanol–water partition coefficient (Wildman–Crippen LogP) is 3.16. The lowest BCUT2D eigenvalue weighted by atomic mass is 10.2. The molecule has 3 nitrogen and oxygen atoms in total. The molecule has 1 aromatic heterocycles. The van der Waals surface area contributed by atoms with Gasteiger partial charge in [0, 0.05) is 36.1 Å². The van der Waals surface area contributed by atoms with Crippen LogP contribution in [0.15, 0.2) is 48.8 Å². The molecule has 0 saturated heterocycles. The van der Waals surface area contributed by atoms with Gasteiger partial charge < -0.3 is 10.1 Å². The summed E-state index contributed by atoms with van der Waals surface area (Å²) in [6.45, 7) is 3.71. The highest BCUT2D eigenvalue weighted by molar-refractivity contribution is 5.33. The lowest BCUT2D eigenvalue weighted by Crippen LogP contribution is -2.17. The van der Waals surface area contributed by atoms with Crippen molar-refractivity contribution in [2.75, 3.05) is 0 Å². The Morgan fingerprint density at radius 3 is 2.85 bits per heavy atom. The Balaban J connectivity index is 1.60. The second kappa shape index (κ2) is 6.06. The SMILES string of the molecule is CC1CC1NCc1ccccc1OCc1cccnc1. The summed E-state index contributed by atoms with van der Waals surface area (Å²) in [7, 11) is 0. The fourth-order valence-electron chi connectivity index (χ4n) is 2.28. The number of nitrogens with one attached hydrogen (secondary N) is 1. The molecular formula is C17H20N2O. The minimum Gasteiger partial charge on any atom is -0.489 e. The number of hydrogen-bond donors (Lipinski definition) is 1. The first kappa shape index (κ1) is 13.1. The van der Waals surface area contributed by atoms with E-state index >= 15 is 0 Å². The molecule has 1 aliphatic carbocycles. The summed E-state index contributed by atoms with van der Waals surface area (Å²) in [6, 6.07) is 12.9. The second-order valence-electron chi connectivity index (χ2n) is 5.46. The molecule has 0 spiro atoms. The average molecular weight is 268 g/mol. The number of aromatic nitrogens is 1. The summed E-state index contributed by atoms with van der Waals surface area (Å²) in [6.07, 6.45) is 4.91. The Kier molecular flexibility index (Phi) is 3.97. The van der Waals surface area contributed by atoms with Crippen molar-refractivity contribution in [1.82, 2.24) is 10.3 Å². The zero-order chi connectivity index (χ0) is 13.8. The third kappa shape index (κ3) is 3.36. The number of pyridine rings is 1. The molecule has 1 N–H and O–H groups in total. The quantitative estimate of drug-likeness (QED) is 0.874. The first-order valence-corrected chi connectivity index (χ1v) is 7.16. The number of benzene rings is 1. The minimum atomic E-state index is 0.560. The predicted molar refractivity (Wildman–Crippen MR) is 79.4 cm³/mol. The number of ether oxygens (including phenoxy) is 1. The molecule has 1 fully saturated rings. The molecule has 104 valence electrons. The van der Waals surface area contributed by atoms with E-state index < -0.39 is 0 Å². The van der Waals surface area contributed by atoms with Crippen LogP contribution in [0.2, 0.25) is 0 Å². The van der Waals surface area contributed by atoms with Gasteiger partial charge >= 0.3 is 0 Å². The first-order chi connectivity index (χ1) is 9.83. The highest BCUT2D eigenvalue weighted by atomic mass is 16.5. The number of para-hydroxylation sites is 1. The Morgan fingerprint density at radius 2 is 2.10 bits per heavy atom. The molecule has 0 bridgehead atoms. The van der Waals surface area contributed by atoms with Gasteiger partial charge in [-0.05, 0) is 24.5 Å². The molecule has 1 heterocycles. The second-order valence-corrected chi connectivity index (χ2v) is 5.46. The molecule has 20 heavy (non-hydrogen) atoms. The molecule has 2 atom stereocenters. The molecule has 2 unspecified atom stereocenters. The van der Waals surface area contributed by atoms with Crippen molar-refractivity contribution in [3.8, 4) is 5.75 Å². The summed E-state index contributed by atoms with van der Waals surface area (Å²) in [5.41, 5.74) is 2.31. The van der Waals surface area contributed by atoms with Crippen molar-refractivity contribution >= 4 is 0 Å². The van der Waals surface area contributed by atoms with Gasteiger partial charge in [-0.25, -0.2) is 0 Å². The Hall–Kier alpha value is -1.87. The largest absolute Gasteiger partial charge is 0.489 e. The summed E-state index contributed by atoms with van der Waals surface area (Å²) in [5.74, 6) is 1.77. The van der Waals surface area contributed by atoms with Gasteiger partial charge in [-0.2, -0.15) is 0 Å². The van der Waals surface area contributed by atoms with Gasteiger partial charge in [-0.1, -0.05) is 31.2 Å². The zero-order valence-corrected chi connectivity index (χ0v) is 11.8. The molecule has 0 radical (unpaired) electrons. The topological polar surface area (TPSA) is 34.1 Å². The highest BCUT2D eigenvalue weighted by Gasteiger charge is 2.31. The highest BCUT2D eigenvalue weighted by Crippen LogP contribution is 2.30. The molecule has 0 aliphatic heterocycles. The summed E-state index contributed by atoms with van der Waals surface area (Å²) in [5, 5.41) is 3.57. The lowest BCUT2D eigenvalue weighted by Gasteiger charge is -2.12. The van der Waals surface area contributed by atoms with Gasteiger partial charge in [0.25, 0.3) is 0 Å². The van der Waals surface area contributed by atoms with Crippen LogP contribution in [0.5, 0.6) is 5.75 Å². The maximum Gasteiger partial charge on any atom is 0.124 e. The van der Waals surface area contributed by atoms with Crippen molar-refractivity contribution in [2.45, 2.75) is 32.5 Å². The van der Waals surface area contributed by atoms with Crippen LogP contribution in [0.3, 0.4) is 0 Å². The number of nitrogens with zero attached hydrogens (tertiary/aromatic N) is 1. The Morgan fingerprint density at radius 1 is 1.25 bits per heavy atom. The van der Waals surface area contributed by atoms with E-state index in [0.29, 0.717) is 12.6 Å². The van der Waals surface area contributed by atoms with Gasteiger partial charge in [0.05, 0.1) is 0 Å². The van der Waals surface area contributed by atoms with Crippen LogP contribution in [-0.2, 0) is 13.2 Å². The van der Waals surface area contributed by atoms with Crippen molar-refractivity contribution in [2.24, 2.45) is 5.92 Å². The molecule has 2 aromatic rings. The molecule has 3 rings (SSSR count). The third-order valence-electron chi connectivity index (χ3n) is 3.75. The normalized spacial score (nSPS) is 20.6. The summed E-state index contributed by atoms with van der Waals surface area (Å²) >= 11 is 0. The first-order valence-electron chi connectivity index (χ1n) is 7.16. The zero-order valence-electron chi connectivity index (χ0n) is 11.8. The molecule has 0 amide bonds. The van der Waals surface area contributed by atoms with Gasteiger partial charge in [0.15, 0.2) is 0 Å². The van der Waals surface area contributed by atoms with E-state index in [-0.39, 0.29) is 0 Å². The fourth-order valence-corrected chi connectivity index (χ4v) is 2.28. The maximum absolute atomic E-state index is 5.92. The smallest absolute Gasteiger partial charge is 0.124 e. The number of hydrogen-bond acceptors (Lipinski definition) is 3.